The molecule has 0 spiro atoms. The zero-order valence-electron chi connectivity index (χ0n) is 22.9. The number of rotatable bonds is 14. The SMILES string of the molecule is CCCCC(C)(CCCCCC(C)CCC)c1cc(C(C)(C)CC(C)(C)C)cc(S)c1O. The lowest BCUT2D eigenvalue weighted by Crippen LogP contribution is -2.27. The number of phenols is 1. The molecule has 0 amide bonds. The predicted octanol–water partition coefficient (Wildman–Crippen LogP) is 10.2. The van der Waals surface area contributed by atoms with Crippen LogP contribution in [-0.2, 0) is 10.8 Å². The molecule has 1 nitrogen and oxygen atoms in total. The van der Waals surface area contributed by atoms with Crippen LogP contribution in [0.2, 0.25) is 0 Å². The maximum Gasteiger partial charge on any atom is 0.132 e. The highest BCUT2D eigenvalue weighted by atomic mass is 32.1. The van der Waals surface area contributed by atoms with E-state index < -0.39 is 0 Å². The minimum absolute atomic E-state index is 0.000427. The molecule has 0 aliphatic heterocycles. The Bertz CT molecular complexity index is 685. The normalized spacial score (nSPS) is 15.6. The van der Waals surface area contributed by atoms with Crippen molar-refractivity contribution in [2.24, 2.45) is 11.3 Å². The Kier molecular flexibility index (Phi) is 11.7. The van der Waals surface area contributed by atoms with Crippen LogP contribution in [0.3, 0.4) is 0 Å². The van der Waals surface area contributed by atoms with E-state index in [0.717, 1.165) is 35.6 Å². The molecule has 0 aromatic heterocycles. The summed E-state index contributed by atoms with van der Waals surface area (Å²) in [6.07, 6.45) is 13.6. The van der Waals surface area contributed by atoms with Crippen molar-refractivity contribution in [2.75, 3.05) is 0 Å². The number of benzene rings is 1. The average Bonchev–Trinajstić information content (AvgIpc) is 2.66. The molecule has 1 aromatic carbocycles. The van der Waals surface area contributed by atoms with Gasteiger partial charge < -0.3 is 5.11 Å². The second-order valence-electron chi connectivity index (χ2n) is 12.7. The number of hydrogen-bond acceptors (Lipinski definition) is 2. The molecule has 0 bridgehead atoms. The van der Waals surface area contributed by atoms with Crippen molar-refractivity contribution >= 4 is 12.6 Å². The van der Waals surface area contributed by atoms with Crippen molar-refractivity contribution in [3.8, 4) is 5.75 Å². The molecule has 32 heavy (non-hydrogen) atoms. The van der Waals surface area contributed by atoms with Gasteiger partial charge in [0.1, 0.15) is 5.75 Å². The third-order valence-corrected chi connectivity index (χ3v) is 7.62. The van der Waals surface area contributed by atoms with E-state index in [1.807, 2.05) is 0 Å². The fourth-order valence-electron chi connectivity index (χ4n) is 5.68. The molecule has 0 fully saturated rings. The molecule has 1 N–H and O–H groups in total. The van der Waals surface area contributed by atoms with Gasteiger partial charge in [-0.25, -0.2) is 0 Å². The molecule has 1 rings (SSSR count). The molecular weight excluding hydrogens is 408 g/mol. The number of thiol groups is 1. The van der Waals surface area contributed by atoms with E-state index in [-0.39, 0.29) is 16.2 Å². The van der Waals surface area contributed by atoms with Crippen LogP contribution in [0.15, 0.2) is 17.0 Å². The third-order valence-electron chi connectivity index (χ3n) is 7.28. The maximum absolute atomic E-state index is 11.1. The highest BCUT2D eigenvalue weighted by molar-refractivity contribution is 7.80. The van der Waals surface area contributed by atoms with Crippen LogP contribution in [0.1, 0.15) is 144 Å². The van der Waals surface area contributed by atoms with Gasteiger partial charge in [0.2, 0.25) is 0 Å². The van der Waals surface area contributed by atoms with E-state index in [1.165, 1.54) is 56.9 Å². The lowest BCUT2D eigenvalue weighted by Gasteiger charge is -2.36. The Morgan fingerprint density at radius 3 is 2.03 bits per heavy atom. The molecule has 2 atom stereocenters. The van der Waals surface area contributed by atoms with Gasteiger partial charge in [-0.2, -0.15) is 0 Å². The van der Waals surface area contributed by atoms with Gasteiger partial charge in [0.05, 0.1) is 0 Å². The molecule has 0 saturated carbocycles. The van der Waals surface area contributed by atoms with Crippen LogP contribution in [0.5, 0.6) is 5.75 Å². The predicted molar refractivity (Wildman–Crippen MR) is 146 cm³/mol. The van der Waals surface area contributed by atoms with Gasteiger partial charge in [-0.1, -0.05) is 120 Å². The minimum atomic E-state index is 0.000427. The first kappa shape index (κ1) is 29.4. The maximum atomic E-state index is 11.1. The van der Waals surface area contributed by atoms with Crippen LogP contribution >= 0.6 is 12.6 Å². The van der Waals surface area contributed by atoms with Crippen molar-refractivity contribution in [2.45, 2.75) is 149 Å². The summed E-state index contributed by atoms with van der Waals surface area (Å²) in [5, 5.41) is 11.1. The number of aromatic hydroxyl groups is 1. The largest absolute Gasteiger partial charge is 0.506 e. The quantitative estimate of drug-likeness (QED) is 0.208. The lowest BCUT2D eigenvalue weighted by molar-refractivity contribution is 0.282. The van der Waals surface area contributed by atoms with Crippen LogP contribution in [-0.4, -0.2) is 5.11 Å². The first-order valence-corrected chi connectivity index (χ1v) is 13.8. The Hall–Kier alpha value is -0.630. The van der Waals surface area contributed by atoms with Crippen LogP contribution in [0, 0.1) is 11.3 Å². The molecule has 186 valence electrons. The van der Waals surface area contributed by atoms with Crippen molar-refractivity contribution in [1.29, 1.82) is 0 Å². The van der Waals surface area contributed by atoms with Gasteiger partial charge in [-0.3, -0.25) is 0 Å². The highest BCUT2D eigenvalue weighted by Gasteiger charge is 2.33. The molecule has 2 heteroatoms. The van der Waals surface area contributed by atoms with E-state index in [1.54, 1.807) is 0 Å². The summed E-state index contributed by atoms with van der Waals surface area (Å²) in [5.41, 5.74) is 2.72. The van der Waals surface area contributed by atoms with E-state index in [9.17, 15) is 5.11 Å². The Morgan fingerprint density at radius 1 is 0.844 bits per heavy atom. The molecule has 2 unspecified atom stereocenters. The van der Waals surface area contributed by atoms with E-state index in [0.29, 0.717) is 5.75 Å². The topological polar surface area (TPSA) is 20.2 Å². The molecule has 0 heterocycles. The number of phenolic OH excluding ortho intramolecular Hbond substituents is 1. The van der Waals surface area contributed by atoms with E-state index >= 15 is 0 Å². The summed E-state index contributed by atoms with van der Waals surface area (Å²) < 4.78 is 0. The van der Waals surface area contributed by atoms with Crippen LogP contribution in [0.25, 0.3) is 0 Å². The molecule has 0 aliphatic rings. The van der Waals surface area contributed by atoms with Gasteiger partial charge in [0.25, 0.3) is 0 Å². The van der Waals surface area contributed by atoms with Gasteiger partial charge in [-0.05, 0) is 53.1 Å². The summed E-state index contributed by atoms with van der Waals surface area (Å²) in [4.78, 5) is 0.732. The standard InChI is InChI=1S/C30H54OS/c1-10-12-18-30(9,19-15-13-14-17-23(3)16-11-2)25-20-24(21-26(32)27(25)31)29(7,8)22-28(4,5)6/h20-21,23,31-32H,10-19,22H2,1-9H3. The van der Waals surface area contributed by atoms with Crippen molar-refractivity contribution in [1.82, 2.24) is 0 Å². The molecule has 0 radical (unpaired) electrons. The summed E-state index contributed by atoms with van der Waals surface area (Å²) in [5.74, 6) is 1.25. The fourth-order valence-corrected chi connectivity index (χ4v) is 5.94. The zero-order chi connectivity index (χ0) is 24.6. The first-order chi connectivity index (χ1) is 14.8. The zero-order valence-corrected chi connectivity index (χ0v) is 23.8. The molecule has 1 aromatic rings. The van der Waals surface area contributed by atoms with Crippen LogP contribution < -0.4 is 0 Å². The number of hydrogen-bond donors (Lipinski definition) is 2. The minimum Gasteiger partial charge on any atom is -0.506 e. The second-order valence-corrected chi connectivity index (χ2v) is 13.2. The molecular formula is C30H54OS. The molecule has 0 saturated heterocycles. The summed E-state index contributed by atoms with van der Waals surface area (Å²) >= 11 is 4.72. The summed E-state index contributed by atoms with van der Waals surface area (Å²) in [7, 11) is 0. The van der Waals surface area contributed by atoms with Crippen molar-refractivity contribution in [3.63, 3.8) is 0 Å². The smallest absolute Gasteiger partial charge is 0.132 e. The van der Waals surface area contributed by atoms with Gasteiger partial charge in [-0.15, -0.1) is 12.6 Å². The van der Waals surface area contributed by atoms with E-state index in [4.69, 9.17) is 12.6 Å². The van der Waals surface area contributed by atoms with Crippen molar-refractivity contribution < 1.29 is 5.11 Å². The fraction of sp³-hybridized carbons (Fsp3) is 0.800. The third kappa shape index (κ3) is 9.32. The Morgan fingerprint density at radius 2 is 1.47 bits per heavy atom. The highest BCUT2D eigenvalue weighted by Crippen LogP contribution is 2.46. The average molecular weight is 463 g/mol. The Balaban J connectivity index is 3.12. The van der Waals surface area contributed by atoms with Crippen molar-refractivity contribution in [3.05, 3.63) is 23.3 Å². The monoisotopic (exact) mass is 462 g/mol. The molecule has 0 aliphatic carbocycles. The first-order valence-electron chi connectivity index (χ1n) is 13.3. The Labute approximate surface area is 206 Å². The van der Waals surface area contributed by atoms with Gasteiger partial charge in [0.15, 0.2) is 0 Å². The van der Waals surface area contributed by atoms with Gasteiger partial charge >= 0.3 is 0 Å². The lowest BCUT2D eigenvalue weighted by atomic mass is 9.69. The summed E-state index contributed by atoms with van der Waals surface area (Å²) in [6, 6.07) is 4.42. The van der Waals surface area contributed by atoms with E-state index in [2.05, 4.69) is 74.4 Å². The second kappa shape index (κ2) is 12.7. The number of unbranched alkanes of at least 4 members (excludes halogenated alkanes) is 3. The van der Waals surface area contributed by atoms with Gasteiger partial charge in [0, 0.05) is 10.5 Å². The summed E-state index contributed by atoms with van der Waals surface area (Å²) in [6.45, 7) is 20.9. The van der Waals surface area contributed by atoms with Crippen LogP contribution in [0.4, 0.5) is 0 Å².